The molecule has 0 fully saturated rings. The number of nitrogens with one attached hydrogen (secondary N) is 1. The van der Waals surface area contributed by atoms with Crippen LogP contribution in [0.25, 0.3) is 0 Å². The van der Waals surface area contributed by atoms with Crippen molar-refractivity contribution >= 4 is 29.3 Å². The van der Waals surface area contributed by atoms with E-state index >= 15 is 0 Å². The van der Waals surface area contributed by atoms with Crippen molar-refractivity contribution in [3.8, 4) is 0 Å². The molecule has 140 valence electrons. The second-order valence-corrected chi connectivity index (χ2v) is 6.58. The fraction of sp³-hybridized carbons (Fsp3) is 0.412. The van der Waals surface area contributed by atoms with E-state index in [0.717, 1.165) is 0 Å². The number of amides is 2. The topological polar surface area (TPSA) is 97.6 Å². The predicted octanol–water partition coefficient (Wildman–Crippen LogP) is 3.37. The molecule has 0 saturated heterocycles. The fourth-order valence-electron chi connectivity index (χ4n) is 2.16. The van der Waals surface area contributed by atoms with Gasteiger partial charge in [0.05, 0.1) is 17.7 Å². The third-order valence-corrected chi connectivity index (χ3v) is 3.76. The Kier molecular flexibility index (Phi) is 6.57. The number of methoxy groups -OCH3 is 1. The minimum absolute atomic E-state index is 0.172. The summed E-state index contributed by atoms with van der Waals surface area (Å²) < 4.78 is 9.78. The van der Waals surface area contributed by atoms with Crippen molar-refractivity contribution in [2.24, 2.45) is 5.92 Å². The lowest BCUT2D eigenvalue weighted by Gasteiger charge is -2.16. The number of carbonyl (C=O) groups excluding carboxylic acids is 2. The molecule has 1 aromatic carbocycles. The first-order valence-corrected chi connectivity index (χ1v) is 8.39. The van der Waals surface area contributed by atoms with Gasteiger partial charge in [-0.1, -0.05) is 30.6 Å². The van der Waals surface area contributed by atoms with Crippen LogP contribution >= 0.6 is 11.6 Å². The van der Waals surface area contributed by atoms with Gasteiger partial charge in [0, 0.05) is 19.2 Å². The number of halogens is 1. The molecule has 2 aromatic rings. The first-order chi connectivity index (χ1) is 12.3. The quantitative estimate of drug-likeness (QED) is 0.771. The van der Waals surface area contributed by atoms with Crippen LogP contribution in [0.4, 0.5) is 10.5 Å². The molecule has 0 saturated carbocycles. The molecule has 0 spiro atoms. The zero-order valence-electron chi connectivity index (χ0n) is 15.1. The molecule has 0 unspecified atom stereocenters. The number of urea groups is 1. The van der Waals surface area contributed by atoms with Crippen molar-refractivity contribution in [3.63, 3.8) is 0 Å². The molecule has 0 aliphatic rings. The second kappa shape index (κ2) is 8.66. The average Bonchev–Trinajstić information content (AvgIpc) is 3.00. The van der Waals surface area contributed by atoms with E-state index in [9.17, 15) is 9.59 Å². The molecule has 2 rings (SSSR count). The molecule has 1 aromatic heterocycles. The van der Waals surface area contributed by atoms with Gasteiger partial charge >= 0.3 is 12.0 Å². The number of hydrogen-bond donors (Lipinski definition) is 1. The lowest BCUT2D eigenvalue weighted by Crippen LogP contribution is -2.31. The first-order valence-electron chi connectivity index (χ1n) is 8.01. The van der Waals surface area contributed by atoms with Crippen LogP contribution in [0.2, 0.25) is 5.02 Å². The summed E-state index contributed by atoms with van der Waals surface area (Å²) in [7, 11) is 2.87. The first kappa shape index (κ1) is 19.7. The summed E-state index contributed by atoms with van der Waals surface area (Å²) in [6, 6.07) is 4.15. The fourth-order valence-corrected chi connectivity index (χ4v) is 2.42. The maximum Gasteiger partial charge on any atom is 0.339 e. The van der Waals surface area contributed by atoms with Crippen LogP contribution < -0.4 is 5.32 Å². The Labute approximate surface area is 156 Å². The van der Waals surface area contributed by atoms with Gasteiger partial charge in [0.15, 0.2) is 5.82 Å². The van der Waals surface area contributed by atoms with Gasteiger partial charge in [-0.05, 0) is 24.1 Å². The zero-order valence-corrected chi connectivity index (χ0v) is 15.8. The molecule has 0 aliphatic carbocycles. The standard InChI is InChI=1S/C17H21ClN4O4/c1-10(2)7-14-20-15(26-21-14)9-22(3)17(24)19-11-5-6-12(13(18)8-11)16(23)25-4/h5-6,8,10H,7,9H2,1-4H3,(H,19,24). The van der Waals surface area contributed by atoms with E-state index in [0.29, 0.717) is 29.7 Å². The summed E-state index contributed by atoms with van der Waals surface area (Å²) in [4.78, 5) is 29.5. The van der Waals surface area contributed by atoms with Crippen molar-refractivity contribution < 1.29 is 18.8 Å². The normalized spacial score (nSPS) is 10.7. The van der Waals surface area contributed by atoms with E-state index < -0.39 is 5.97 Å². The van der Waals surface area contributed by atoms with Gasteiger partial charge < -0.3 is 19.5 Å². The molecule has 26 heavy (non-hydrogen) atoms. The van der Waals surface area contributed by atoms with E-state index in [-0.39, 0.29) is 23.2 Å². The molecule has 1 heterocycles. The van der Waals surface area contributed by atoms with Crippen LogP contribution in [0.5, 0.6) is 0 Å². The Bertz CT molecular complexity index is 791. The van der Waals surface area contributed by atoms with E-state index in [2.05, 4.69) is 34.0 Å². The van der Waals surface area contributed by atoms with Gasteiger partial charge in [-0.2, -0.15) is 4.98 Å². The predicted molar refractivity (Wildman–Crippen MR) is 96.1 cm³/mol. The van der Waals surface area contributed by atoms with Crippen LogP contribution in [-0.4, -0.2) is 41.2 Å². The molecule has 0 aliphatic heterocycles. The highest BCUT2D eigenvalue weighted by Crippen LogP contribution is 2.22. The number of esters is 1. The second-order valence-electron chi connectivity index (χ2n) is 6.17. The summed E-state index contributed by atoms with van der Waals surface area (Å²) in [6.45, 7) is 4.29. The van der Waals surface area contributed by atoms with Gasteiger partial charge in [-0.3, -0.25) is 0 Å². The summed E-state index contributed by atoms with van der Waals surface area (Å²) in [5.41, 5.74) is 0.676. The van der Waals surface area contributed by atoms with Crippen LogP contribution in [0.1, 0.15) is 35.9 Å². The monoisotopic (exact) mass is 380 g/mol. The smallest absolute Gasteiger partial charge is 0.339 e. The van der Waals surface area contributed by atoms with Crippen molar-refractivity contribution in [3.05, 3.63) is 40.5 Å². The minimum atomic E-state index is -0.543. The van der Waals surface area contributed by atoms with Crippen LogP contribution in [0.15, 0.2) is 22.7 Å². The highest BCUT2D eigenvalue weighted by molar-refractivity contribution is 6.33. The Hall–Kier alpha value is -2.61. The maximum absolute atomic E-state index is 12.3. The number of benzene rings is 1. The van der Waals surface area contributed by atoms with E-state index in [1.807, 2.05) is 0 Å². The molecule has 8 nitrogen and oxygen atoms in total. The van der Waals surface area contributed by atoms with Gasteiger partial charge in [-0.15, -0.1) is 0 Å². The molecule has 2 amide bonds. The molecule has 0 atom stereocenters. The van der Waals surface area contributed by atoms with Crippen molar-refractivity contribution in [1.82, 2.24) is 15.0 Å². The lowest BCUT2D eigenvalue weighted by molar-refractivity contribution is 0.0601. The summed E-state index contributed by atoms with van der Waals surface area (Å²) in [5, 5.41) is 6.77. The molecular formula is C17H21ClN4O4. The third-order valence-electron chi connectivity index (χ3n) is 3.45. The van der Waals surface area contributed by atoms with Crippen molar-refractivity contribution in [2.75, 3.05) is 19.5 Å². The van der Waals surface area contributed by atoms with Gasteiger partial charge in [0.2, 0.25) is 5.89 Å². The summed E-state index contributed by atoms with van der Waals surface area (Å²) in [5.74, 6) is 0.851. The molecule has 9 heteroatoms. The number of carbonyl (C=O) groups is 2. The summed E-state index contributed by atoms with van der Waals surface area (Å²) in [6.07, 6.45) is 0.713. The Balaban J connectivity index is 1.97. The molecule has 0 bridgehead atoms. The maximum atomic E-state index is 12.3. The number of nitrogens with zero attached hydrogens (tertiary/aromatic N) is 3. The van der Waals surface area contributed by atoms with Crippen LogP contribution in [-0.2, 0) is 17.7 Å². The Morgan fingerprint density at radius 2 is 2.12 bits per heavy atom. The highest BCUT2D eigenvalue weighted by Gasteiger charge is 2.16. The molecule has 1 N–H and O–H groups in total. The molecule has 0 radical (unpaired) electrons. The largest absolute Gasteiger partial charge is 0.465 e. The van der Waals surface area contributed by atoms with Crippen LogP contribution in [0.3, 0.4) is 0 Å². The van der Waals surface area contributed by atoms with E-state index in [4.69, 9.17) is 16.1 Å². The minimum Gasteiger partial charge on any atom is -0.465 e. The number of ether oxygens (including phenoxy) is 1. The number of rotatable bonds is 6. The number of anilines is 1. The number of hydrogen-bond acceptors (Lipinski definition) is 6. The lowest BCUT2D eigenvalue weighted by atomic mass is 10.1. The van der Waals surface area contributed by atoms with E-state index in [1.165, 1.54) is 24.1 Å². The summed E-state index contributed by atoms with van der Waals surface area (Å²) >= 11 is 6.04. The molecular weight excluding hydrogens is 360 g/mol. The zero-order chi connectivity index (χ0) is 19.3. The van der Waals surface area contributed by atoms with Gasteiger partial charge in [0.1, 0.15) is 6.54 Å². The van der Waals surface area contributed by atoms with Crippen LogP contribution in [0, 0.1) is 5.92 Å². The van der Waals surface area contributed by atoms with Crippen molar-refractivity contribution in [1.29, 1.82) is 0 Å². The van der Waals surface area contributed by atoms with Gasteiger partial charge in [-0.25, -0.2) is 9.59 Å². The SMILES string of the molecule is COC(=O)c1ccc(NC(=O)N(C)Cc2nc(CC(C)C)no2)cc1Cl. The van der Waals surface area contributed by atoms with Crippen molar-refractivity contribution in [2.45, 2.75) is 26.8 Å². The average molecular weight is 381 g/mol. The highest BCUT2D eigenvalue weighted by atomic mass is 35.5. The van der Waals surface area contributed by atoms with E-state index in [1.54, 1.807) is 13.1 Å². The third kappa shape index (κ3) is 5.19. The van der Waals surface area contributed by atoms with Gasteiger partial charge in [0.25, 0.3) is 0 Å². The number of aromatic nitrogens is 2. The Morgan fingerprint density at radius 3 is 2.73 bits per heavy atom. The Morgan fingerprint density at radius 1 is 1.38 bits per heavy atom.